The summed E-state index contributed by atoms with van der Waals surface area (Å²) in [6, 6.07) is 8.77. The van der Waals surface area contributed by atoms with Gasteiger partial charge in [0, 0.05) is 6.54 Å². The lowest BCUT2D eigenvalue weighted by Crippen LogP contribution is -2.58. The normalized spacial score (nSPS) is 11.3. The van der Waals surface area contributed by atoms with Crippen LogP contribution in [-0.4, -0.2) is 56.8 Å². The molecule has 0 saturated carbocycles. The molecule has 0 saturated heterocycles. The summed E-state index contributed by atoms with van der Waals surface area (Å²) in [6.07, 6.45) is -1.31. The number of hydrogen-bond acceptors (Lipinski definition) is 4. The van der Waals surface area contributed by atoms with E-state index in [1.54, 1.807) is 30.3 Å². The first-order valence-electron chi connectivity index (χ1n) is 5.46. The lowest BCUT2D eigenvalue weighted by Gasteiger charge is -2.38. The first kappa shape index (κ1) is 14.4. The molecule has 0 spiro atoms. The molecule has 0 unspecified atom stereocenters. The molecule has 1 rings (SSSR count). The van der Waals surface area contributed by atoms with Crippen molar-refractivity contribution in [2.75, 3.05) is 19.8 Å². The highest BCUT2D eigenvalue weighted by molar-refractivity contribution is 5.66. The Bertz CT molecular complexity index is 369. The van der Waals surface area contributed by atoms with E-state index in [0.717, 1.165) is 4.90 Å². The van der Waals surface area contributed by atoms with Crippen LogP contribution >= 0.6 is 0 Å². The van der Waals surface area contributed by atoms with Crippen molar-refractivity contribution >= 4 is 6.09 Å². The number of aliphatic hydroxyl groups excluding tert-OH is 3. The predicted molar refractivity (Wildman–Crippen MR) is 64.0 cm³/mol. The Hall–Kier alpha value is -1.63. The van der Waals surface area contributed by atoms with Crippen molar-refractivity contribution in [1.82, 2.24) is 4.90 Å². The molecule has 0 aliphatic carbocycles. The fourth-order valence-corrected chi connectivity index (χ4v) is 1.61. The molecule has 6 nitrogen and oxygen atoms in total. The molecule has 0 aliphatic heterocycles. The van der Waals surface area contributed by atoms with Gasteiger partial charge in [0.2, 0.25) is 0 Å². The number of carbonyl (C=O) groups is 1. The number of amides is 1. The Morgan fingerprint density at radius 2 is 1.56 bits per heavy atom. The number of benzene rings is 1. The summed E-state index contributed by atoms with van der Waals surface area (Å²) in [5.41, 5.74) is -0.874. The molecule has 0 aromatic heterocycles. The van der Waals surface area contributed by atoms with Crippen LogP contribution in [0.5, 0.6) is 0 Å². The Kier molecular flexibility index (Phi) is 5.08. The Morgan fingerprint density at radius 3 is 1.94 bits per heavy atom. The van der Waals surface area contributed by atoms with Gasteiger partial charge in [-0.15, -0.1) is 0 Å². The van der Waals surface area contributed by atoms with E-state index in [1.807, 2.05) is 0 Å². The van der Waals surface area contributed by atoms with Gasteiger partial charge in [0.25, 0.3) is 0 Å². The lowest BCUT2D eigenvalue weighted by molar-refractivity contribution is -0.0405. The second kappa shape index (κ2) is 6.34. The van der Waals surface area contributed by atoms with Crippen molar-refractivity contribution in [3.05, 3.63) is 35.9 Å². The van der Waals surface area contributed by atoms with Crippen LogP contribution in [0.3, 0.4) is 0 Å². The van der Waals surface area contributed by atoms with Gasteiger partial charge in [-0.3, -0.25) is 4.90 Å². The van der Waals surface area contributed by atoms with Crippen molar-refractivity contribution in [1.29, 1.82) is 0 Å². The standard InChI is InChI=1S/C12H17NO5/c14-7-12(8-15,9-16)13(11(17)18)6-10-4-2-1-3-5-10/h1-5,14-16H,6-9H2,(H,17,18). The summed E-state index contributed by atoms with van der Waals surface area (Å²) >= 11 is 0. The maximum absolute atomic E-state index is 11.2. The first-order valence-corrected chi connectivity index (χ1v) is 5.46. The molecule has 1 amide bonds. The molecule has 0 heterocycles. The van der Waals surface area contributed by atoms with Crippen LogP contribution < -0.4 is 0 Å². The van der Waals surface area contributed by atoms with E-state index >= 15 is 0 Å². The van der Waals surface area contributed by atoms with Crippen LogP contribution in [0.4, 0.5) is 4.79 Å². The largest absolute Gasteiger partial charge is 0.465 e. The summed E-state index contributed by atoms with van der Waals surface area (Å²) in [7, 11) is 0. The quantitative estimate of drug-likeness (QED) is 0.568. The molecule has 1 aromatic carbocycles. The zero-order valence-corrected chi connectivity index (χ0v) is 9.86. The Labute approximate surface area is 105 Å². The molecule has 1 aromatic rings. The highest BCUT2D eigenvalue weighted by atomic mass is 16.4. The molecule has 0 fully saturated rings. The van der Waals surface area contributed by atoms with Crippen molar-refractivity contribution < 1.29 is 25.2 Å². The molecule has 4 N–H and O–H groups in total. The monoisotopic (exact) mass is 255 g/mol. The predicted octanol–water partition coefficient (Wildman–Crippen LogP) is -0.118. The smallest absolute Gasteiger partial charge is 0.408 e. The number of aliphatic hydroxyl groups is 3. The number of carboxylic acid groups (broad SMARTS) is 1. The summed E-state index contributed by atoms with van der Waals surface area (Å²) in [5, 5.41) is 36.9. The first-order chi connectivity index (χ1) is 8.59. The molecule has 100 valence electrons. The van der Waals surface area contributed by atoms with E-state index in [1.165, 1.54) is 0 Å². The van der Waals surface area contributed by atoms with Crippen molar-refractivity contribution in [2.24, 2.45) is 0 Å². The molecule has 0 aliphatic rings. The fraction of sp³-hybridized carbons (Fsp3) is 0.417. The van der Waals surface area contributed by atoms with Gasteiger partial charge in [0.05, 0.1) is 19.8 Å². The molecule has 0 radical (unpaired) electrons. The molecule has 0 atom stereocenters. The highest BCUT2D eigenvalue weighted by Crippen LogP contribution is 2.18. The number of hydrogen-bond donors (Lipinski definition) is 4. The third kappa shape index (κ3) is 2.98. The van der Waals surface area contributed by atoms with Crippen LogP contribution in [0.2, 0.25) is 0 Å². The third-order valence-electron chi connectivity index (χ3n) is 2.87. The summed E-state index contributed by atoms with van der Waals surface area (Å²) in [6.45, 7) is -1.98. The van der Waals surface area contributed by atoms with Crippen molar-refractivity contribution in [3.63, 3.8) is 0 Å². The van der Waals surface area contributed by atoms with E-state index in [2.05, 4.69) is 0 Å². The van der Waals surface area contributed by atoms with E-state index < -0.39 is 31.5 Å². The van der Waals surface area contributed by atoms with E-state index in [-0.39, 0.29) is 6.54 Å². The topological polar surface area (TPSA) is 101 Å². The molecular formula is C12H17NO5. The highest BCUT2D eigenvalue weighted by Gasteiger charge is 2.38. The van der Waals surface area contributed by atoms with Gasteiger partial charge in [0.15, 0.2) is 0 Å². The van der Waals surface area contributed by atoms with Crippen LogP contribution in [0.25, 0.3) is 0 Å². The van der Waals surface area contributed by atoms with Crippen molar-refractivity contribution in [3.8, 4) is 0 Å². The van der Waals surface area contributed by atoms with Crippen LogP contribution in [0.15, 0.2) is 30.3 Å². The van der Waals surface area contributed by atoms with Gasteiger partial charge < -0.3 is 20.4 Å². The fourth-order valence-electron chi connectivity index (χ4n) is 1.61. The van der Waals surface area contributed by atoms with E-state index in [4.69, 9.17) is 5.11 Å². The third-order valence-corrected chi connectivity index (χ3v) is 2.87. The molecule has 0 bridgehead atoms. The summed E-state index contributed by atoms with van der Waals surface area (Å²) in [4.78, 5) is 12.1. The maximum atomic E-state index is 11.2. The van der Waals surface area contributed by atoms with Gasteiger partial charge in [-0.1, -0.05) is 30.3 Å². The van der Waals surface area contributed by atoms with Gasteiger partial charge in [-0.05, 0) is 5.56 Å². The summed E-state index contributed by atoms with van der Waals surface area (Å²) in [5.74, 6) is 0. The van der Waals surface area contributed by atoms with Crippen molar-refractivity contribution in [2.45, 2.75) is 12.1 Å². The maximum Gasteiger partial charge on any atom is 0.408 e. The van der Waals surface area contributed by atoms with Gasteiger partial charge in [-0.25, -0.2) is 4.79 Å². The van der Waals surface area contributed by atoms with E-state index in [9.17, 15) is 20.1 Å². The van der Waals surface area contributed by atoms with Gasteiger partial charge >= 0.3 is 6.09 Å². The minimum Gasteiger partial charge on any atom is -0.465 e. The second-order valence-electron chi connectivity index (χ2n) is 4.05. The van der Waals surface area contributed by atoms with Gasteiger partial charge in [0.1, 0.15) is 5.54 Å². The number of rotatable bonds is 6. The minimum atomic E-state index is -1.58. The Morgan fingerprint density at radius 1 is 1.06 bits per heavy atom. The zero-order valence-electron chi connectivity index (χ0n) is 9.86. The van der Waals surface area contributed by atoms with E-state index in [0.29, 0.717) is 5.56 Å². The second-order valence-corrected chi connectivity index (χ2v) is 4.05. The lowest BCUT2D eigenvalue weighted by atomic mass is 10.00. The zero-order chi connectivity index (χ0) is 13.6. The molecular weight excluding hydrogens is 238 g/mol. The minimum absolute atomic E-state index is 0.0160. The van der Waals surface area contributed by atoms with Gasteiger partial charge in [-0.2, -0.15) is 0 Å². The molecule has 6 heteroatoms. The Balaban J connectivity index is 2.99. The SMILES string of the molecule is O=C(O)N(Cc1ccccc1)C(CO)(CO)CO. The van der Waals surface area contributed by atoms with Crippen LogP contribution in [0, 0.1) is 0 Å². The average Bonchev–Trinajstić information content (AvgIpc) is 2.41. The molecule has 18 heavy (non-hydrogen) atoms. The summed E-state index contributed by atoms with van der Waals surface area (Å²) < 4.78 is 0. The number of nitrogens with zero attached hydrogens (tertiary/aromatic N) is 1. The van der Waals surface area contributed by atoms with Crippen LogP contribution in [0.1, 0.15) is 5.56 Å². The van der Waals surface area contributed by atoms with Crippen LogP contribution in [-0.2, 0) is 6.54 Å². The average molecular weight is 255 g/mol.